The second kappa shape index (κ2) is 4.97. The molecular formula is C12H10N4OS. The first-order chi connectivity index (χ1) is 8.92. The highest BCUT2D eigenvalue weighted by Gasteiger charge is 2.09. The van der Waals surface area contributed by atoms with Crippen LogP contribution in [0.15, 0.2) is 45.7 Å². The van der Waals surface area contributed by atoms with Crippen molar-refractivity contribution in [3.05, 3.63) is 47.1 Å². The predicted molar refractivity (Wildman–Crippen MR) is 69.2 cm³/mol. The molecule has 90 valence electrons. The number of hydrogen-bond acceptors (Lipinski definition) is 6. The van der Waals surface area contributed by atoms with Crippen LogP contribution in [-0.4, -0.2) is 15.1 Å². The van der Waals surface area contributed by atoms with Crippen molar-refractivity contribution in [3.63, 3.8) is 0 Å². The minimum Gasteiger partial charge on any atom is -0.376 e. The van der Waals surface area contributed by atoms with Crippen LogP contribution in [0.2, 0.25) is 0 Å². The van der Waals surface area contributed by atoms with E-state index in [1.807, 2.05) is 35.7 Å². The lowest BCUT2D eigenvalue weighted by molar-refractivity contribution is 0.384. The standard InChI is InChI=1S/C12H10N4OS/c1-2-4-9(5-3-1)13-6-11-15-12(16-17-11)10-7-18-8-14-10/h1-5,7-8,13H,6H2. The van der Waals surface area contributed by atoms with Crippen LogP contribution in [0, 0.1) is 0 Å². The van der Waals surface area contributed by atoms with Crippen LogP contribution in [0.3, 0.4) is 0 Å². The highest BCUT2D eigenvalue weighted by molar-refractivity contribution is 7.07. The number of aromatic nitrogens is 3. The molecule has 0 fully saturated rings. The molecule has 5 nitrogen and oxygen atoms in total. The maximum absolute atomic E-state index is 5.15. The van der Waals surface area contributed by atoms with Gasteiger partial charge in [-0.1, -0.05) is 23.4 Å². The van der Waals surface area contributed by atoms with E-state index in [9.17, 15) is 0 Å². The summed E-state index contributed by atoms with van der Waals surface area (Å²) < 4.78 is 5.15. The summed E-state index contributed by atoms with van der Waals surface area (Å²) in [6, 6.07) is 9.88. The lowest BCUT2D eigenvalue weighted by Crippen LogP contribution is -1.99. The zero-order chi connectivity index (χ0) is 12.2. The Morgan fingerprint density at radius 1 is 1.22 bits per heavy atom. The number of rotatable bonds is 4. The SMILES string of the molecule is c1ccc(NCc2nc(-c3cscn3)no2)cc1. The molecule has 0 bridgehead atoms. The molecule has 0 amide bonds. The third kappa shape index (κ3) is 2.38. The molecule has 0 radical (unpaired) electrons. The Hall–Kier alpha value is -2.21. The predicted octanol–water partition coefficient (Wildman–Crippen LogP) is 2.81. The average Bonchev–Trinajstić information content (AvgIpc) is 3.08. The zero-order valence-corrected chi connectivity index (χ0v) is 10.2. The molecule has 18 heavy (non-hydrogen) atoms. The molecular weight excluding hydrogens is 248 g/mol. The van der Waals surface area contributed by atoms with Crippen LogP contribution in [0.5, 0.6) is 0 Å². The van der Waals surface area contributed by atoms with Gasteiger partial charge in [0.25, 0.3) is 0 Å². The summed E-state index contributed by atoms with van der Waals surface area (Å²) in [5, 5.41) is 8.98. The molecule has 0 unspecified atom stereocenters. The van der Waals surface area contributed by atoms with Gasteiger partial charge in [0.15, 0.2) is 0 Å². The van der Waals surface area contributed by atoms with E-state index in [1.165, 1.54) is 11.3 Å². The van der Waals surface area contributed by atoms with Gasteiger partial charge in [-0.05, 0) is 12.1 Å². The average molecular weight is 258 g/mol. The maximum atomic E-state index is 5.15. The Kier molecular flexibility index (Phi) is 3.01. The first kappa shape index (κ1) is 10.9. The smallest absolute Gasteiger partial charge is 0.246 e. The van der Waals surface area contributed by atoms with Gasteiger partial charge in [0.2, 0.25) is 11.7 Å². The van der Waals surface area contributed by atoms with Crippen LogP contribution >= 0.6 is 11.3 Å². The van der Waals surface area contributed by atoms with E-state index in [0.717, 1.165) is 11.4 Å². The fraction of sp³-hybridized carbons (Fsp3) is 0.0833. The number of anilines is 1. The molecule has 6 heteroatoms. The van der Waals surface area contributed by atoms with E-state index in [4.69, 9.17) is 4.52 Å². The van der Waals surface area contributed by atoms with Crippen molar-refractivity contribution in [1.29, 1.82) is 0 Å². The molecule has 1 N–H and O–H groups in total. The van der Waals surface area contributed by atoms with E-state index >= 15 is 0 Å². The molecule has 3 aromatic rings. The van der Waals surface area contributed by atoms with Gasteiger partial charge >= 0.3 is 0 Å². The van der Waals surface area contributed by atoms with Crippen molar-refractivity contribution in [2.45, 2.75) is 6.54 Å². The van der Waals surface area contributed by atoms with E-state index in [1.54, 1.807) is 5.51 Å². The molecule has 0 aliphatic carbocycles. The van der Waals surface area contributed by atoms with Crippen molar-refractivity contribution in [1.82, 2.24) is 15.1 Å². The largest absolute Gasteiger partial charge is 0.376 e. The molecule has 0 saturated heterocycles. The van der Waals surface area contributed by atoms with Crippen molar-refractivity contribution in [3.8, 4) is 11.5 Å². The highest BCUT2D eigenvalue weighted by atomic mass is 32.1. The fourth-order valence-corrected chi connectivity index (χ4v) is 2.02. The van der Waals surface area contributed by atoms with Crippen LogP contribution in [-0.2, 0) is 6.54 Å². The van der Waals surface area contributed by atoms with Gasteiger partial charge in [0.05, 0.1) is 12.1 Å². The van der Waals surface area contributed by atoms with Gasteiger partial charge in [-0.25, -0.2) is 4.98 Å². The van der Waals surface area contributed by atoms with E-state index < -0.39 is 0 Å². The third-order valence-electron chi connectivity index (χ3n) is 2.35. The van der Waals surface area contributed by atoms with Crippen LogP contribution in [0.1, 0.15) is 5.89 Å². The number of hydrogen-bond donors (Lipinski definition) is 1. The summed E-state index contributed by atoms with van der Waals surface area (Å²) in [6.45, 7) is 0.501. The molecule has 0 atom stereocenters. The lowest BCUT2D eigenvalue weighted by Gasteiger charge is -2.01. The zero-order valence-electron chi connectivity index (χ0n) is 9.41. The Morgan fingerprint density at radius 2 is 2.11 bits per heavy atom. The second-order valence-corrected chi connectivity index (χ2v) is 4.32. The van der Waals surface area contributed by atoms with E-state index in [2.05, 4.69) is 20.4 Å². The minimum absolute atomic E-state index is 0.501. The number of benzene rings is 1. The normalized spacial score (nSPS) is 10.4. The van der Waals surface area contributed by atoms with Gasteiger partial charge in [-0.15, -0.1) is 11.3 Å². The summed E-state index contributed by atoms with van der Waals surface area (Å²) in [5.41, 5.74) is 3.51. The summed E-state index contributed by atoms with van der Waals surface area (Å²) in [7, 11) is 0. The number of thiazole rings is 1. The maximum Gasteiger partial charge on any atom is 0.246 e. The van der Waals surface area contributed by atoms with Crippen LogP contribution in [0.25, 0.3) is 11.5 Å². The Bertz CT molecular complexity index is 606. The van der Waals surface area contributed by atoms with E-state index in [0.29, 0.717) is 18.3 Å². The monoisotopic (exact) mass is 258 g/mol. The first-order valence-electron chi connectivity index (χ1n) is 5.42. The summed E-state index contributed by atoms with van der Waals surface area (Å²) >= 11 is 1.51. The van der Waals surface area contributed by atoms with Crippen LogP contribution in [0.4, 0.5) is 5.69 Å². The van der Waals surface area contributed by atoms with Gasteiger partial charge in [0, 0.05) is 11.1 Å². The minimum atomic E-state index is 0.501. The number of para-hydroxylation sites is 1. The number of nitrogens with one attached hydrogen (secondary N) is 1. The quantitative estimate of drug-likeness (QED) is 0.779. The number of nitrogens with zero attached hydrogens (tertiary/aromatic N) is 3. The first-order valence-corrected chi connectivity index (χ1v) is 6.36. The Morgan fingerprint density at radius 3 is 2.89 bits per heavy atom. The fourth-order valence-electron chi connectivity index (χ4n) is 1.49. The molecule has 2 heterocycles. The Balaban J connectivity index is 1.68. The van der Waals surface area contributed by atoms with Gasteiger partial charge in [0.1, 0.15) is 5.69 Å². The van der Waals surface area contributed by atoms with Crippen molar-refractivity contribution in [2.75, 3.05) is 5.32 Å². The Labute approximate surface area is 108 Å². The van der Waals surface area contributed by atoms with Gasteiger partial charge in [-0.3, -0.25) is 0 Å². The summed E-state index contributed by atoms with van der Waals surface area (Å²) in [4.78, 5) is 8.40. The van der Waals surface area contributed by atoms with E-state index in [-0.39, 0.29) is 0 Å². The summed E-state index contributed by atoms with van der Waals surface area (Å²) in [5.74, 6) is 1.07. The summed E-state index contributed by atoms with van der Waals surface area (Å²) in [6.07, 6.45) is 0. The van der Waals surface area contributed by atoms with Crippen molar-refractivity contribution >= 4 is 17.0 Å². The molecule has 2 aromatic heterocycles. The molecule has 1 aromatic carbocycles. The molecule has 3 rings (SSSR count). The molecule has 0 saturated carbocycles. The highest BCUT2D eigenvalue weighted by Crippen LogP contribution is 2.15. The molecule has 0 aliphatic heterocycles. The molecule has 0 spiro atoms. The van der Waals surface area contributed by atoms with Crippen molar-refractivity contribution < 1.29 is 4.52 Å². The topological polar surface area (TPSA) is 63.8 Å². The van der Waals surface area contributed by atoms with Gasteiger partial charge in [-0.2, -0.15) is 4.98 Å². The molecule has 0 aliphatic rings. The van der Waals surface area contributed by atoms with Crippen LogP contribution < -0.4 is 5.32 Å². The third-order valence-corrected chi connectivity index (χ3v) is 2.93. The lowest BCUT2D eigenvalue weighted by atomic mass is 10.3. The van der Waals surface area contributed by atoms with Crippen molar-refractivity contribution in [2.24, 2.45) is 0 Å². The van der Waals surface area contributed by atoms with Gasteiger partial charge < -0.3 is 9.84 Å². The second-order valence-electron chi connectivity index (χ2n) is 3.60.